The highest BCUT2D eigenvalue weighted by molar-refractivity contribution is 5.98. The summed E-state index contributed by atoms with van der Waals surface area (Å²) in [5, 5.41) is 0. The summed E-state index contributed by atoms with van der Waals surface area (Å²) in [7, 11) is 0. The van der Waals surface area contributed by atoms with E-state index in [4.69, 9.17) is 0 Å². The van der Waals surface area contributed by atoms with E-state index in [1.165, 1.54) is 6.33 Å². The van der Waals surface area contributed by atoms with Crippen LogP contribution in [0.5, 0.6) is 0 Å². The SMILES string of the molecule is CC(=O)N1C[C@H]2CN(c3cncnc3)C(=O)[C@H]2C1. The van der Waals surface area contributed by atoms with Crippen molar-refractivity contribution in [2.45, 2.75) is 6.92 Å². The highest BCUT2D eigenvalue weighted by Crippen LogP contribution is 2.34. The number of nitrogens with zero attached hydrogens (tertiary/aromatic N) is 4. The molecule has 2 fully saturated rings. The Labute approximate surface area is 105 Å². The third kappa shape index (κ3) is 1.64. The molecule has 0 aliphatic carbocycles. The Morgan fingerprint density at radius 1 is 1.28 bits per heavy atom. The third-order valence-electron chi connectivity index (χ3n) is 3.75. The number of anilines is 1. The van der Waals surface area contributed by atoms with Gasteiger partial charge in [0.15, 0.2) is 0 Å². The molecule has 2 saturated heterocycles. The average molecular weight is 246 g/mol. The summed E-state index contributed by atoms with van der Waals surface area (Å²) in [6, 6.07) is 0. The second-order valence-electron chi connectivity index (χ2n) is 4.84. The second kappa shape index (κ2) is 4.04. The fourth-order valence-electron chi connectivity index (χ4n) is 2.78. The zero-order valence-corrected chi connectivity index (χ0v) is 10.1. The molecule has 2 amide bonds. The molecule has 1 aromatic heterocycles. The topological polar surface area (TPSA) is 66.4 Å². The van der Waals surface area contributed by atoms with Crippen molar-refractivity contribution in [3.8, 4) is 0 Å². The largest absolute Gasteiger partial charge is 0.342 e. The number of carbonyl (C=O) groups excluding carboxylic acids is 2. The predicted molar refractivity (Wildman–Crippen MR) is 63.6 cm³/mol. The van der Waals surface area contributed by atoms with Crippen molar-refractivity contribution in [3.63, 3.8) is 0 Å². The van der Waals surface area contributed by atoms with Crippen LogP contribution in [-0.2, 0) is 9.59 Å². The van der Waals surface area contributed by atoms with Crippen molar-refractivity contribution < 1.29 is 9.59 Å². The molecular weight excluding hydrogens is 232 g/mol. The van der Waals surface area contributed by atoms with Crippen molar-refractivity contribution in [1.29, 1.82) is 0 Å². The van der Waals surface area contributed by atoms with E-state index >= 15 is 0 Å². The molecule has 2 aliphatic heterocycles. The molecule has 0 unspecified atom stereocenters. The lowest BCUT2D eigenvalue weighted by molar-refractivity contribution is -0.128. The first kappa shape index (κ1) is 11.1. The van der Waals surface area contributed by atoms with Gasteiger partial charge in [-0.05, 0) is 0 Å². The lowest BCUT2D eigenvalue weighted by atomic mass is 10.0. The molecular formula is C12H14N4O2. The van der Waals surface area contributed by atoms with Crippen molar-refractivity contribution >= 4 is 17.5 Å². The van der Waals surface area contributed by atoms with Gasteiger partial charge < -0.3 is 9.80 Å². The molecule has 18 heavy (non-hydrogen) atoms. The molecule has 2 atom stereocenters. The minimum Gasteiger partial charge on any atom is -0.342 e. The number of fused-ring (bicyclic) bond motifs is 1. The van der Waals surface area contributed by atoms with Gasteiger partial charge in [-0.3, -0.25) is 9.59 Å². The summed E-state index contributed by atoms with van der Waals surface area (Å²) in [5.74, 6) is 0.307. The van der Waals surface area contributed by atoms with Crippen LogP contribution in [0.3, 0.4) is 0 Å². The summed E-state index contributed by atoms with van der Waals surface area (Å²) in [4.78, 5) is 35.0. The van der Waals surface area contributed by atoms with E-state index < -0.39 is 0 Å². The number of amides is 2. The predicted octanol–water partition coefficient (Wildman–Crippen LogP) is -0.0823. The summed E-state index contributed by atoms with van der Waals surface area (Å²) in [6.07, 6.45) is 4.74. The Kier molecular flexibility index (Phi) is 2.50. The van der Waals surface area contributed by atoms with Crippen molar-refractivity contribution in [2.75, 3.05) is 24.5 Å². The van der Waals surface area contributed by atoms with Crippen LogP contribution in [0.15, 0.2) is 18.7 Å². The van der Waals surface area contributed by atoms with E-state index in [9.17, 15) is 9.59 Å². The molecule has 3 heterocycles. The maximum Gasteiger partial charge on any atom is 0.232 e. The standard InChI is InChI=1S/C12H14N4O2/c1-8(17)15-4-9-5-16(12(18)11(9)6-15)10-2-13-7-14-3-10/h2-3,7,9,11H,4-6H2,1H3/t9-,11-/m0/s1. The first-order valence-electron chi connectivity index (χ1n) is 5.98. The fraction of sp³-hybridized carbons (Fsp3) is 0.500. The molecule has 3 rings (SSSR count). The lowest BCUT2D eigenvalue weighted by Gasteiger charge is -2.20. The zero-order valence-electron chi connectivity index (χ0n) is 10.1. The lowest BCUT2D eigenvalue weighted by Crippen LogP contribution is -2.34. The van der Waals surface area contributed by atoms with Gasteiger partial charge >= 0.3 is 0 Å². The molecule has 0 N–H and O–H groups in total. The molecule has 0 aromatic carbocycles. The Bertz CT molecular complexity index is 490. The molecule has 0 bridgehead atoms. The number of hydrogen-bond donors (Lipinski definition) is 0. The monoisotopic (exact) mass is 246 g/mol. The van der Waals surface area contributed by atoms with Crippen molar-refractivity contribution in [2.24, 2.45) is 11.8 Å². The van der Waals surface area contributed by atoms with Crippen LogP contribution in [0.4, 0.5) is 5.69 Å². The molecule has 6 nitrogen and oxygen atoms in total. The minimum atomic E-state index is -0.0610. The van der Waals surface area contributed by atoms with E-state index in [-0.39, 0.29) is 23.7 Å². The van der Waals surface area contributed by atoms with Gasteiger partial charge in [0, 0.05) is 32.5 Å². The number of likely N-dealkylation sites (tertiary alicyclic amines) is 1. The van der Waals surface area contributed by atoms with Crippen LogP contribution in [0.2, 0.25) is 0 Å². The Balaban J connectivity index is 1.79. The zero-order chi connectivity index (χ0) is 12.7. The van der Waals surface area contributed by atoms with Gasteiger partial charge in [0.1, 0.15) is 6.33 Å². The molecule has 1 aromatic rings. The van der Waals surface area contributed by atoms with Crippen molar-refractivity contribution in [1.82, 2.24) is 14.9 Å². The Morgan fingerprint density at radius 2 is 2.00 bits per heavy atom. The fourth-order valence-corrected chi connectivity index (χ4v) is 2.78. The van der Waals surface area contributed by atoms with E-state index in [1.807, 2.05) is 0 Å². The minimum absolute atomic E-state index is 0.0480. The first-order valence-corrected chi connectivity index (χ1v) is 5.98. The summed E-state index contributed by atoms with van der Waals surface area (Å²) >= 11 is 0. The van der Waals surface area contributed by atoms with Gasteiger partial charge in [-0.2, -0.15) is 0 Å². The van der Waals surface area contributed by atoms with E-state index in [2.05, 4.69) is 9.97 Å². The molecule has 6 heteroatoms. The van der Waals surface area contributed by atoms with Gasteiger partial charge in [0.25, 0.3) is 0 Å². The summed E-state index contributed by atoms with van der Waals surface area (Å²) in [6.45, 7) is 3.42. The maximum absolute atomic E-state index is 12.3. The number of aromatic nitrogens is 2. The van der Waals surface area contributed by atoms with Gasteiger partial charge in [0.2, 0.25) is 11.8 Å². The summed E-state index contributed by atoms with van der Waals surface area (Å²) < 4.78 is 0. The average Bonchev–Trinajstić information content (AvgIpc) is 2.91. The van der Waals surface area contributed by atoms with Crippen LogP contribution >= 0.6 is 0 Å². The number of rotatable bonds is 1. The second-order valence-corrected chi connectivity index (χ2v) is 4.84. The van der Waals surface area contributed by atoms with Crippen LogP contribution in [0, 0.1) is 11.8 Å². The summed E-state index contributed by atoms with van der Waals surface area (Å²) in [5.41, 5.74) is 0.742. The van der Waals surface area contributed by atoms with Crippen LogP contribution in [0.1, 0.15) is 6.92 Å². The number of carbonyl (C=O) groups is 2. The smallest absolute Gasteiger partial charge is 0.232 e. The molecule has 0 radical (unpaired) electrons. The van der Waals surface area contributed by atoms with Gasteiger partial charge in [-0.1, -0.05) is 0 Å². The quantitative estimate of drug-likeness (QED) is 0.695. The van der Waals surface area contributed by atoms with E-state index in [0.717, 1.165) is 5.69 Å². The normalized spacial score (nSPS) is 26.6. The first-order chi connectivity index (χ1) is 8.66. The van der Waals surface area contributed by atoms with Gasteiger partial charge in [-0.15, -0.1) is 0 Å². The molecule has 0 saturated carbocycles. The van der Waals surface area contributed by atoms with Crippen molar-refractivity contribution in [3.05, 3.63) is 18.7 Å². The van der Waals surface area contributed by atoms with E-state index in [1.54, 1.807) is 29.1 Å². The number of hydrogen-bond acceptors (Lipinski definition) is 4. The van der Waals surface area contributed by atoms with E-state index in [0.29, 0.717) is 19.6 Å². The highest BCUT2D eigenvalue weighted by atomic mass is 16.2. The molecule has 2 aliphatic rings. The third-order valence-corrected chi connectivity index (χ3v) is 3.75. The molecule has 94 valence electrons. The molecule has 0 spiro atoms. The van der Waals surface area contributed by atoms with Gasteiger partial charge in [0.05, 0.1) is 24.0 Å². The van der Waals surface area contributed by atoms with Gasteiger partial charge in [-0.25, -0.2) is 9.97 Å². The van der Waals surface area contributed by atoms with Crippen LogP contribution in [0.25, 0.3) is 0 Å². The highest BCUT2D eigenvalue weighted by Gasteiger charge is 2.47. The van der Waals surface area contributed by atoms with Crippen LogP contribution in [-0.4, -0.2) is 46.3 Å². The Morgan fingerprint density at radius 3 is 2.61 bits per heavy atom. The maximum atomic E-state index is 12.3. The van der Waals surface area contributed by atoms with Crippen LogP contribution < -0.4 is 4.90 Å². The Hall–Kier alpha value is -1.98.